The zero-order chi connectivity index (χ0) is 10.7. The molecule has 2 rings (SSSR count). The highest BCUT2D eigenvalue weighted by Crippen LogP contribution is 2.13. The van der Waals surface area contributed by atoms with E-state index in [4.69, 9.17) is 0 Å². The summed E-state index contributed by atoms with van der Waals surface area (Å²) in [5, 5.41) is 7.23. The van der Waals surface area contributed by atoms with Gasteiger partial charge >= 0.3 is 0 Å². The lowest BCUT2D eigenvalue weighted by Gasteiger charge is -2.28. The van der Waals surface area contributed by atoms with Gasteiger partial charge in [-0.15, -0.1) is 10.2 Å². The van der Waals surface area contributed by atoms with E-state index in [1.54, 1.807) is 9.47 Å². The van der Waals surface area contributed by atoms with Crippen molar-refractivity contribution in [3.8, 4) is 0 Å². The van der Waals surface area contributed by atoms with E-state index >= 15 is 0 Å². The molecule has 5 nitrogen and oxygen atoms in total. The molecule has 6 heteroatoms. The summed E-state index contributed by atoms with van der Waals surface area (Å²) in [6.45, 7) is 1.27. The van der Waals surface area contributed by atoms with Crippen LogP contribution in [0.4, 0.5) is 4.39 Å². The third kappa shape index (κ3) is 2.51. The Morgan fingerprint density at radius 3 is 2.53 bits per heavy atom. The Morgan fingerprint density at radius 1 is 1.33 bits per heavy atom. The van der Waals surface area contributed by atoms with Crippen molar-refractivity contribution in [3.05, 3.63) is 12.7 Å². The number of halogens is 1. The molecule has 0 atom stereocenters. The predicted octanol–water partition coefficient (Wildman–Crippen LogP) is 0.239. The van der Waals surface area contributed by atoms with Crippen molar-refractivity contribution in [1.82, 2.24) is 19.7 Å². The topological polar surface area (TPSA) is 51.0 Å². The summed E-state index contributed by atoms with van der Waals surface area (Å²) in [6.07, 6.45) is 3.16. The molecule has 0 aliphatic carbocycles. The zero-order valence-electron chi connectivity index (χ0n) is 8.34. The second-order valence-corrected chi connectivity index (χ2v) is 3.69. The largest absolute Gasteiger partial charge is 0.341 e. The number of hydrogen-bond acceptors (Lipinski definition) is 3. The lowest BCUT2D eigenvalue weighted by Crippen LogP contribution is -2.40. The predicted molar refractivity (Wildman–Crippen MR) is 50.7 cm³/mol. The molecule has 0 N–H and O–H groups in total. The quantitative estimate of drug-likeness (QED) is 0.705. The number of likely N-dealkylation sites (tertiary alicyclic amines) is 1. The van der Waals surface area contributed by atoms with Gasteiger partial charge in [-0.2, -0.15) is 0 Å². The molecule has 0 unspecified atom stereocenters. The standard InChI is InChI=1S/C9H13FN4O/c10-8-1-3-14(4-2-8)9(15)5-13-6-11-12-7-13/h6-8H,1-5H2. The third-order valence-electron chi connectivity index (χ3n) is 2.56. The van der Waals surface area contributed by atoms with Crippen molar-refractivity contribution in [1.29, 1.82) is 0 Å². The number of alkyl halides is 1. The van der Waals surface area contributed by atoms with Crippen molar-refractivity contribution in [2.45, 2.75) is 25.6 Å². The third-order valence-corrected chi connectivity index (χ3v) is 2.56. The Kier molecular flexibility index (Phi) is 2.94. The summed E-state index contributed by atoms with van der Waals surface area (Å²) in [6, 6.07) is 0. The average molecular weight is 212 g/mol. The van der Waals surface area contributed by atoms with Gasteiger partial charge in [-0.25, -0.2) is 4.39 Å². The van der Waals surface area contributed by atoms with Crippen LogP contribution in [0, 0.1) is 0 Å². The molecule has 1 amide bonds. The Morgan fingerprint density at radius 2 is 1.93 bits per heavy atom. The van der Waals surface area contributed by atoms with Crippen LogP contribution >= 0.6 is 0 Å². The van der Waals surface area contributed by atoms with Crippen LogP contribution in [0.3, 0.4) is 0 Å². The second kappa shape index (κ2) is 4.37. The number of amides is 1. The maximum absolute atomic E-state index is 12.8. The van der Waals surface area contributed by atoms with Crippen LogP contribution in [0.15, 0.2) is 12.7 Å². The summed E-state index contributed by atoms with van der Waals surface area (Å²) in [4.78, 5) is 13.4. The number of carbonyl (C=O) groups excluding carboxylic acids is 1. The molecule has 0 radical (unpaired) electrons. The Labute approximate surface area is 86.9 Å². The minimum absolute atomic E-state index is 0.00157. The molecule has 1 aromatic heterocycles. The Balaban J connectivity index is 1.86. The highest BCUT2D eigenvalue weighted by atomic mass is 19.1. The summed E-state index contributed by atoms with van der Waals surface area (Å²) >= 11 is 0. The van der Waals surface area contributed by atoms with Gasteiger partial charge < -0.3 is 9.47 Å². The maximum atomic E-state index is 12.8. The van der Waals surface area contributed by atoms with E-state index < -0.39 is 6.17 Å². The summed E-state index contributed by atoms with van der Waals surface area (Å²) in [5.41, 5.74) is 0. The van der Waals surface area contributed by atoms with E-state index in [0.717, 1.165) is 0 Å². The molecule has 15 heavy (non-hydrogen) atoms. The fourth-order valence-electron chi connectivity index (χ4n) is 1.66. The van der Waals surface area contributed by atoms with Gasteiger partial charge in [0.2, 0.25) is 5.91 Å². The van der Waals surface area contributed by atoms with Gasteiger partial charge in [-0.3, -0.25) is 4.79 Å². The van der Waals surface area contributed by atoms with E-state index in [1.807, 2.05) is 0 Å². The van der Waals surface area contributed by atoms with Gasteiger partial charge in [0.05, 0.1) is 0 Å². The average Bonchev–Trinajstić information content (AvgIpc) is 2.71. The normalized spacial score (nSPS) is 18.1. The minimum atomic E-state index is -0.746. The van der Waals surface area contributed by atoms with Crippen LogP contribution in [0.2, 0.25) is 0 Å². The summed E-state index contributed by atoms with van der Waals surface area (Å²) in [5.74, 6) is 0.00157. The Hall–Kier alpha value is -1.46. The first-order valence-corrected chi connectivity index (χ1v) is 5.00. The van der Waals surface area contributed by atoms with Gasteiger partial charge in [0.1, 0.15) is 25.4 Å². The first-order valence-electron chi connectivity index (χ1n) is 5.00. The number of carbonyl (C=O) groups is 1. The molecule has 1 fully saturated rings. The van der Waals surface area contributed by atoms with Gasteiger partial charge in [0.25, 0.3) is 0 Å². The monoisotopic (exact) mass is 212 g/mol. The van der Waals surface area contributed by atoms with Crippen molar-refractivity contribution in [3.63, 3.8) is 0 Å². The number of nitrogens with zero attached hydrogens (tertiary/aromatic N) is 4. The Bertz CT molecular complexity index is 319. The molecule has 1 aliphatic heterocycles. The van der Waals surface area contributed by atoms with Crippen LogP contribution in [-0.4, -0.2) is 44.8 Å². The fraction of sp³-hybridized carbons (Fsp3) is 0.667. The maximum Gasteiger partial charge on any atom is 0.242 e. The van der Waals surface area contributed by atoms with E-state index in [9.17, 15) is 9.18 Å². The molecule has 0 saturated carbocycles. The van der Waals surface area contributed by atoms with Gasteiger partial charge in [0.15, 0.2) is 0 Å². The molecule has 0 spiro atoms. The molecule has 82 valence electrons. The van der Waals surface area contributed by atoms with E-state index in [1.165, 1.54) is 12.7 Å². The highest BCUT2D eigenvalue weighted by molar-refractivity contribution is 5.76. The van der Waals surface area contributed by atoms with Crippen molar-refractivity contribution in [2.24, 2.45) is 0 Å². The number of piperidine rings is 1. The number of hydrogen-bond donors (Lipinski definition) is 0. The minimum Gasteiger partial charge on any atom is -0.341 e. The second-order valence-electron chi connectivity index (χ2n) is 3.69. The summed E-state index contributed by atoms with van der Waals surface area (Å²) < 4.78 is 14.4. The molecule has 1 aromatic rings. The lowest BCUT2D eigenvalue weighted by atomic mass is 10.1. The fourth-order valence-corrected chi connectivity index (χ4v) is 1.66. The molecular weight excluding hydrogens is 199 g/mol. The van der Waals surface area contributed by atoms with Gasteiger partial charge in [0, 0.05) is 13.1 Å². The molecule has 2 heterocycles. The van der Waals surface area contributed by atoms with E-state index in [0.29, 0.717) is 25.9 Å². The van der Waals surface area contributed by atoms with E-state index in [2.05, 4.69) is 10.2 Å². The molecule has 0 aromatic carbocycles. The van der Waals surface area contributed by atoms with Gasteiger partial charge in [-0.05, 0) is 12.8 Å². The lowest BCUT2D eigenvalue weighted by molar-refractivity contribution is -0.133. The molecule has 1 aliphatic rings. The van der Waals surface area contributed by atoms with Crippen LogP contribution in [0.25, 0.3) is 0 Å². The number of rotatable bonds is 2. The van der Waals surface area contributed by atoms with Crippen molar-refractivity contribution in [2.75, 3.05) is 13.1 Å². The van der Waals surface area contributed by atoms with Crippen LogP contribution < -0.4 is 0 Å². The van der Waals surface area contributed by atoms with E-state index in [-0.39, 0.29) is 12.5 Å². The smallest absolute Gasteiger partial charge is 0.242 e. The van der Waals surface area contributed by atoms with Crippen LogP contribution in [0.5, 0.6) is 0 Å². The van der Waals surface area contributed by atoms with Crippen molar-refractivity contribution < 1.29 is 9.18 Å². The summed E-state index contributed by atoms with van der Waals surface area (Å²) in [7, 11) is 0. The first-order chi connectivity index (χ1) is 7.25. The van der Waals surface area contributed by atoms with Gasteiger partial charge in [-0.1, -0.05) is 0 Å². The first kappa shape index (κ1) is 10.1. The van der Waals surface area contributed by atoms with Crippen LogP contribution in [0.1, 0.15) is 12.8 Å². The molecule has 1 saturated heterocycles. The number of aromatic nitrogens is 3. The highest BCUT2D eigenvalue weighted by Gasteiger charge is 2.22. The van der Waals surface area contributed by atoms with Crippen LogP contribution in [-0.2, 0) is 11.3 Å². The SMILES string of the molecule is O=C(Cn1cnnc1)N1CCC(F)CC1. The molecular formula is C9H13FN4O. The molecule has 0 bridgehead atoms. The van der Waals surface area contributed by atoms with Crippen molar-refractivity contribution >= 4 is 5.91 Å². The zero-order valence-corrected chi connectivity index (χ0v) is 8.34.